The maximum Gasteiger partial charge on any atom is 0.173 e. The van der Waals surface area contributed by atoms with E-state index in [4.69, 9.17) is 4.74 Å². The highest BCUT2D eigenvalue weighted by Gasteiger charge is 2.21. The number of hydrogen-bond donors (Lipinski definition) is 0. The molecular weight excluding hydrogens is 248 g/mol. The van der Waals surface area contributed by atoms with Crippen LogP contribution in [0.25, 0.3) is 0 Å². The molecule has 0 heterocycles. The molecule has 0 saturated heterocycles. The number of Topliss-reactive ketones (excluding diaryl/α,β-unsaturated/α-hetero) is 1. The van der Waals surface area contributed by atoms with Crippen molar-refractivity contribution < 1.29 is 9.53 Å². The molecule has 20 heavy (non-hydrogen) atoms. The lowest BCUT2D eigenvalue weighted by Gasteiger charge is -2.21. The Morgan fingerprint density at radius 1 is 1.00 bits per heavy atom. The van der Waals surface area contributed by atoms with Gasteiger partial charge in [0.2, 0.25) is 0 Å². The molecule has 2 nitrogen and oxygen atoms in total. The lowest BCUT2D eigenvalue weighted by molar-refractivity contribution is -0.125. The number of carbonyl (C=O) groups is 1. The third kappa shape index (κ3) is 3.23. The molecule has 2 aliphatic carbocycles. The van der Waals surface area contributed by atoms with Crippen LogP contribution in [0, 0.1) is 5.92 Å². The van der Waals surface area contributed by atoms with Crippen molar-refractivity contribution in [2.24, 2.45) is 5.92 Å². The number of carbonyl (C=O) groups excluding carboxylic acids is 1. The normalized spacial score (nSPS) is 19.4. The van der Waals surface area contributed by atoms with Gasteiger partial charge in [0.15, 0.2) is 5.78 Å². The summed E-state index contributed by atoms with van der Waals surface area (Å²) in [6, 6.07) is 6.34. The number of benzene rings is 1. The van der Waals surface area contributed by atoms with Crippen molar-refractivity contribution in [3.63, 3.8) is 0 Å². The zero-order valence-corrected chi connectivity index (χ0v) is 12.2. The minimum atomic E-state index is 0.251. The standard InChI is InChI=1S/C18H24O2/c19-18(15-7-2-1-3-8-15)13-20-17-11-10-14-6-4-5-9-16(14)12-17/h10-12,15H,1-9,13H2. The van der Waals surface area contributed by atoms with E-state index in [-0.39, 0.29) is 12.5 Å². The van der Waals surface area contributed by atoms with Gasteiger partial charge in [0.25, 0.3) is 0 Å². The second kappa shape index (κ2) is 6.43. The molecule has 0 radical (unpaired) electrons. The van der Waals surface area contributed by atoms with Gasteiger partial charge in [-0.2, -0.15) is 0 Å². The highest BCUT2D eigenvalue weighted by molar-refractivity contribution is 5.82. The predicted octanol–water partition coefficient (Wildman–Crippen LogP) is 4.09. The summed E-state index contributed by atoms with van der Waals surface area (Å²) in [6.45, 7) is 0.253. The minimum Gasteiger partial charge on any atom is -0.486 e. The van der Waals surface area contributed by atoms with Gasteiger partial charge in [-0.1, -0.05) is 25.3 Å². The summed E-state index contributed by atoms with van der Waals surface area (Å²) in [5.74, 6) is 1.42. The number of rotatable bonds is 4. The van der Waals surface area contributed by atoms with Crippen molar-refractivity contribution in [2.45, 2.75) is 57.8 Å². The second-order valence-corrected chi connectivity index (χ2v) is 6.23. The smallest absolute Gasteiger partial charge is 0.173 e. The van der Waals surface area contributed by atoms with Gasteiger partial charge in [0, 0.05) is 5.92 Å². The largest absolute Gasteiger partial charge is 0.486 e. The number of hydrogen-bond acceptors (Lipinski definition) is 2. The van der Waals surface area contributed by atoms with Gasteiger partial charge in [0.05, 0.1) is 0 Å². The van der Waals surface area contributed by atoms with Gasteiger partial charge < -0.3 is 4.74 Å². The average Bonchev–Trinajstić information content (AvgIpc) is 2.53. The van der Waals surface area contributed by atoms with Crippen molar-refractivity contribution in [1.82, 2.24) is 0 Å². The highest BCUT2D eigenvalue weighted by Crippen LogP contribution is 2.27. The summed E-state index contributed by atoms with van der Waals surface area (Å²) in [5, 5.41) is 0. The van der Waals surface area contributed by atoms with E-state index in [1.807, 2.05) is 6.07 Å². The van der Waals surface area contributed by atoms with Crippen LogP contribution in [0.4, 0.5) is 0 Å². The Morgan fingerprint density at radius 3 is 2.55 bits per heavy atom. The Labute approximate surface area is 121 Å². The fourth-order valence-electron chi connectivity index (χ4n) is 3.50. The number of ether oxygens (including phenoxy) is 1. The quantitative estimate of drug-likeness (QED) is 0.825. The molecule has 1 fully saturated rings. The fourth-order valence-corrected chi connectivity index (χ4v) is 3.50. The molecule has 0 bridgehead atoms. The molecule has 108 valence electrons. The zero-order chi connectivity index (χ0) is 13.8. The van der Waals surface area contributed by atoms with Gasteiger partial charge in [-0.05, 0) is 61.8 Å². The van der Waals surface area contributed by atoms with Crippen LogP contribution in [0.5, 0.6) is 5.75 Å². The summed E-state index contributed by atoms with van der Waals surface area (Å²) >= 11 is 0. The van der Waals surface area contributed by atoms with Gasteiger partial charge in [-0.3, -0.25) is 4.79 Å². The van der Waals surface area contributed by atoms with Crippen LogP contribution in [0.15, 0.2) is 18.2 Å². The van der Waals surface area contributed by atoms with Crippen LogP contribution in [-0.2, 0) is 17.6 Å². The van der Waals surface area contributed by atoms with Gasteiger partial charge >= 0.3 is 0 Å². The average molecular weight is 272 g/mol. The molecule has 3 rings (SSSR count). The highest BCUT2D eigenvalue weighted by atomic mass is 16.5. The first-order valence-electron chi connectivity index (χ1n) is 8.10. The molecule has 0 atom stereocenters. The van der Waals surface area contributed by atoms with E-state index < -0.39 is 0 Å². The number of fused-ring (bicyclic) bond motifs is 1. The lowest BCUT2D eigenvalue weighted by Crippen LogP contribution is -2.23. The number of aryl methyl sites for hydroxylation is 2. The Bertz CT molecular complexity index is 472. The molecule has 0 unspecified atom stereocenters. The molecule has 0 N–H and O–H groups in total. The molecule has 0 amide bonds. The summed E-state index contributed by atoms with van der Waals surface area (Å²) in [7, 11) is 0. The van der Waals surface area contributed by atoms with Crippen molar-refractivity contribution in [3.8, 4) is 5.75 Å². The van der Waals surface area contributed by atoms with Crippen LogP contribution >= 0.6 is 0 Å². The van der Waals surface area contributed by atoms with Crippen molar-refractivity contribution in [1.29, 1.82) is 0 Å². The minimum absolute atomic E-state index is 0.251. The van der Waals surface area contributed by atoms with Crippen LogP contribution in [-0.4, -0.2) is 12.4 Å². The van der Waals surface area contributed by atoms with E-state index in [9.17, 15) is 4.79 Å². The molecule has 0 aromatic heterocycles. The van der Waals surface area contributed by atoms with E-state index in [1.54, 1.807) is 0 Å². The number of ketones is 1. The molecule has 1 saturated carbocycles. The first-order chi connectivity index (χ1) is 9.83. The molecule has 0 spiro atoms. The molecule has 2 heteroatoms. The lowest BCUT2D eigenvalue weighted by atomic mass is 9.86. The second-order valence-electron chi connectivity index (χ2n) is 6.23. The Morgan fingerprint density at radius 2 is 1.75 bits per heavy atom. The summed E-state index contributed by atoms with van der Waals surface area (Å²) in [5.41, 5.74) is 2.88. The maximum atomic E-state index is 12.1. The van der Waals surface area contributed by atoms with Crippen LogP contribution in [0.2, 0.25) is 0 Å². The molecule has 1 aromatic rings. The summed E-state index contributed by atoms with van der Waals surface area (Å²) in [4.78, 5) is 12.1. The van der Waals surface area contributed by atoms with E-state index >= 15 is 0 Å². The molecule has 2 aliphatic rings. The van der Waals surface area contributed by atoms with Crippen molar-refractivity contribution >= 4 is 5.78 Å². The van der Waals surface area contributed by atoms with E-state index in [1.165, 1.54) is 49.7 Å². The zero-order valence-electron chi connectivity index (χ0n) is 12.2. The van der Waals surface area contributed by atoms with Gasteiger partial charge in [-0.25, -0.2) is 0 Å². The van der Waals surface area contributed by atoms with Gasteiger partial charge in [0.1, 0.15) is 12.4 Å². The first-order valence-corrected chi connectivity index (χ1v) is 8.10. The van der Waals surface area contributed by atoms with Gasteiger partial charge in [-0.15, -0.1) is 0 Å². The molecule has 0 aliphatic heterocycles. The topological polar surface area (TPSA) is 26.3 Å². The Hall–Kier alpha value is -1.31. The molecule has 1 aromatic carbocycles. The van der Waals surface area contributed by atoms with Crippen LogP contribution < -0.4 is 4.74 Å². The Kier molecular flexibility index (Phi) is 4.39. The molecular formula is C18H24O2. The summed E-state index contributed by atoms with van der Waals surface area (Å²) in [6.07, 6.45) is 10.7. The van der Waals surface area contributed by atoms with Crippen molar-refractivity contribution in [3.05, 3.63) is 29.3 Å². The third-order valence-corrected chi connectivity index (χ3v) is 4.76. The SMILES string of the molecule is O=C(COc1ccc2c(c1)CCCC2)C1CCCCC1. The fraction of sp³-hybridized carbons (Fsp3) is 0.611. The van der Waals surface area contributed by atoms with Crippen LogP contribution in [0.3, 0.4) is 0 Å². The summed E-state index contributed by atoms with van der Waals surface area (Å²) < 4.78 is 5.74. The Balaban J connectivity index is 1.56. The van der Waals surface area contributed by atoms with Crippen LogP contribution in [0.1, 0.15) is 56.1 Å². The maximum absolute atomic E-state index is 12.1. The van der Waals surface area contributed by atoms with E-state index in [0.29, 0.717) is 5.78 Å². The predicted molar refractivity (Wildman–Crippen MR) is 80.2 cm³/mol. The van der Waals surface area contributed by atoms with E-state index in [2.05, 4.69) is 12.1 Å². The monoisotopic (exact) mass is 272 g/mol. The third-order valence-electron chi connectivity index (χ3n) is 4.76. The van der Waals surface area contributed by atoms with E-state index in [0.717, 1.165) is 25.0 Å². The first kappa shape index (κ1) is 13.7. The van der Waals surface area contributed by atoms with Crippen molar-refractivity contribution in [2.75, 3.05) is 6.61 Å².